The number of ether oxygens (including phenoxy) is 1. The van der Waals surface area contributed by atoms with Crippen molar-refractivity contribution in [3.63, 3.8) is 0 Å². The van der Waals surface area contributed by atoms with E-state index in [0.717, 1.165) is 6.07 Å². The van der Waals surface area contributed by atoms with Gasteiger partial charge >= 0.3 is 6.03 Å². The molecule has 2 atom stereocenters. The van der Waals surface area contributed by atoms with Gasteiger partial charge in [-0.05, 0) is 18.6 Å². The topological polar surface area (TPSA) is 50.4 Å². The molecule has 0 saturated heterocycles. The van der Waals surface area contributed by atoms with E-state index < -0.39 is 11.6 Å². The fourth-order valence-electron chi connectivity index (χ4n) is 1.64. The first-order valence-electron chi connectivity index (χ1n) is 6.43. The minimum atomic E-state index is -0.613. The van der Waals surface area contributed by atoms with Crippen molar-refractivity contribution in [2.75, 3.05) is 20.2 Å². The zero-order valence-corrected chi connectivity index (χ0v) is 11.9. The Bertz CT molecular complexity index is 455. The second-order valence-electron chi connectivity index (χ2n) is 4.70. The monoisotopic (exact) mass is 286 g/mol. The van der Waals surface area contributed by atoms with E-state index in [0.29, 0.717) is 12.1 Å². The minimum absolute atomic E-state index is 0.0762. The molecule has 1 aromatic carbocycles. The Morgan fingerprint density at radius 2 is 1.90 bits per heavy atom. The van der Waals surface area contributed by atoms with Gasteiger partial charge in [-0.15, -0.1) is 0 Å². The van der Waals surface area contributed by atoms with Gasteiger partial charge in [0.25, 0.3) is 0 Å². The van der Waals surface area contributed by atoms with Crippen molar-refractivity contribution in [2.45, 2.75) is 25.9 Å². The molecule has 0 aliphatic heterocycles. The molecule has 20 heavy (non-hydrogen) atoms. The molecule has 0 fully saturated rings. The largest absolute Gasteiger partial charge is 0.380 e. The first-order chi connectivity index (χ1) is 9.43. The highest BCUT2D eigenvalue weighted by Gasteiger charge is 2.13. The Kier molecular flexibility index (Phi) is 6.38. The summed E-state index contributed by atoms with van der Waals surface area (Å²) in [5.74, 6) is -1.47. The van der Waals surface area contributed by atoms with Crippen LogP contribution in [0.3, 0.4) is 0 Å². The van der Waals surface area contributed by atoms with Crippen molar-refractivity contribution in [1.82, 2.24) is 10.6 Å². The van der Waals surface area contributed by atoms with Crippen LogP contribution in [0.4, 0.5) is 13.6 Å². The second kappa shape index (κ2) is 7.79. The average Bonchev–Trinajstić information content (AvgIpc) is 2.42. The van der Waals surface area contributed by atoms with Gasteiger partial charge in [-0.1, -0.05) is 13.0 Å². The van der Waals surface area contributed by atoms with Crippen LogP contribution in [0.2, 0.25) is 0 Å². The number of rotatable bonds is 6. The van der Waals surface area contributed by atoms with Crippen LogP contribution in [0, 0.1) is 11.6 Å². The predicted molar refractivity (Wildman–Crippen MR) is 72.6 cm³/mol. The number of amides is 2. The van der Waals surface area contributed by atoms with Crippen molar-refractivity contribution in [3.05, 3.63) is 35.4 Å². The van der Waals surface area contributed by atoms with Gasteiger partial charge in [-0.25, -0.2) is 13.6 Å². The number of carbonyl (C=O) groups is 1. The Balaban J connectivity index is 2.42. The van der Waals surface area contributed by atoms with E-state index >= 15 is 0 Å². The Morgan fingerprint density at radius 1 is 1.25 bits per heavy atom. The summed E-state index contributed by atoms with van der Waals surface area (Å²) in [7, 11) is 1.56. The predicted octanol–water partition coefficient (Wildman–Crippen LogP) is 2.40. The molecule has 0 unspecified atom stereocenters. The molecule has 0 aromatic heterocycles. The number of hydrogen-bond donors (Lipinski definition) is 2. The number of carbonyl (C=O) groups excluding carboxylic acids is 1. The lowest BCUT2D eigenvalue weighted by atomic mass is 10.0. The third-order valence-corrected chi connectivity index (χ3v) is 3.01. The maximum Gasteiger partial charge on any atom is 0.314 e. The number of nitrogens with one attached hydrogen (secondary N) is 2. The van der Waals surface area contributed by atoms with E-state index in [4.69, 9.17) is 4.74 Å². The van der Waals surface area contributed by atoms with Crippen molar-refractivity contribution in [1.29, 1.82) is 0 Å². The summed E-state index contributed by atoms with van der Waals surface area (Å²) in [4.78, 5) is 11.5. The highest BCUT2D eigenvalue weighted by atomic mass is 19.1. The van der Waals surface area contributed by atoms with Crippen molar-refractivity contribution < 1.29 is 18.3 Å². The van der Waals surface area contributed by atoms with Gasteiger partial charge in [0.1, 0.15) is 11.6 Å². The quantitative estimate of drug-likeness (QED) is 0.843. The minimum Gasteiger partial charge on any atom is -0.380 e. The highest BCUT2D eigenvalue weighted by molar-refractivity contribution is 5.73. The van der Waals surface area contributed by atoms with E-state index in [1.54, 1.807) is 14.0 Å². The fraction of sp³-hybridized carbons (Fsp3) is 0.500. The van der Waals surface area contributed by atoms with Crippen molar-refractivity contribution in [3.8, 4) is 0 Å². The third kappa shape index (κ3) is 5.13. The van der Waals surface area contributed by atoms with Crippen molar-refractivity contribution in [2.24, 2.45) is 0 Å². The van der Waals surface area contributed by atoms with Crippen LogP contribution in [0.25, 0.3) is 0 Å². The Labute approximate surface area is 117 Å². The second-order valence-corrected chi connectivity index (χ2v) is 4.70. The van der Waals surface area contributed by atoms with Crippen LogP contribution < -0.4 is 10.6 Å². The van der Waals surface area contributed by atoms with E-state index in [9.17, 15) is 13.6 Å². The molecule has 2 amide bonds. The van der Waals surface area contributed by atoms with Crippen LogP contribution >= 0.6 is 0 Å². The Morgan fingerprint density at radius 3 is 2.50 bits per heavy atom. The number of hydrogen-bond acceptors (Lipinski definition) is 2. The van der Waals surface area contributed by atoms with Crippen LogP contribution in [0.15, 0.2) is 18.2 Å². The lowest BCUT2D eigenvalue weighted by Gasteiger charge is -2.15. The molecule has 0 bridgehead atoms. The standard InChI is InChI=1S/C14H20F2N2O2/c1-9(12-5-4-11(15)6-13(12)16)7-17-14(19)18-8-10(2)20-3/h4-6,9-10H,7-8H2,1-3H3,(H2,17,18,19)/t9-,10-/m1/s1. The number of benzene rings is 1. The molecule has 0 saturated carbocycles. The van der Waals surface area contributed by atoms with E-state index in [1.165, 1.54) is 12.1 Å². The van der Waals surface area contributed by atoms with Gasteiger partial charge in [0.05, 0.1) is 6.10 Å². The molecule has 0 aliphatic rings. The van der Waals surface area contributed by atoms with Gasteiger partial charge in [0.15, 0.2) is 0 Å². The first kappa shape index (κ1) is 16.4. The summed E-state index contributed by atoms with van der Waals surface area (Å²) in [5, 5.41) is 5.27. The summed E-state index contributed by atoms with van der Waals surface area (Å²) in [6.07, 6.45) is -0.0762. The van der Waals surface area contributed by atoms with Gasteiger partial charge in [-0.2, -0.15) is 0 Å². The molecule has 2 N–H and O–H groups in total. The third-order valence-electron chi connectivity index (χ3n) is 3.01. The average molecular weight is 286 g/mol. The van der Waals surface area contributed by atoms with E-state index in [2.05, 4.69) is 10.6 Å². The van der Waals surface area contributed by atoms with Crippen LogP contribution in [0.5, 0.6) is 0 Å². The molecule has 0 aliphatic carbocycles. The zero-order chi connectivity index (χ0) is 15.1. The van der Waals surface area contributed by atoms with E-state index in [-0.39, 0.29) is 24.6 Å². The normalized spacial score (nSPS) is 13.7. The molecule has 4 nitrogen and oxygen atoms in total. The van der Waals surface area contributed by atoms with Crippen molar-refractivity contribution >= 4 is 6.03 Å². The molecule has 1 aromatic rings. The molecule has 0 spiro atoms. The van der Waals surface area contributed by atoms with Gasteiger partial charge in [0.2, 0.25) is 0 Å². The number of halogens is 2. The number of urea groups is 1. The van der Waals surface area contributed by atoms with Gasteiger partial charge in [0, 0.05) is 32.2 Å². The summed E-state index contributed by atoms with van der Waals surface area (Å²) >= 11 is 0. The maximum atomic E-state index is 13.5. The first-order valence-corrected chi connectivity index (χ1v) is 6.43. The maximum absolute atomic E-state index is 13.5. The smallest absolute Gasteiger partial charge is 0.314 e. The molecular formula is C14H20F2N2O2. The Hall–Kier alpha value is -1.69. The molecule has 0 heterocycles. The summed E-state index contributed by atoms with van der Waals surface area (Å²) in [6, 6.07) is 3.09. The van der Waals surface area contributed by atoms with Crippen LogP contribution in [0.1, 0.15) is 25.3 Å². The van der Waals surface area contributed by atoms with Crippen LogP contribution in [-0.4, -0.2) is 32.3 Å². The highest BCUT2D eigenvalue weighted by Crippen LogP contribution is 2.18. The van der Waals surface area contributed by atoms with Gasteiger partial charge in [-0.3, -0.25) is 0 Å². The zero-order valence-electron chi connectivity index (χ0n) is 11.9. The summed E-state index contributed by atoms with van der Waals surface area (Å²) in [6.45, 7) is 4.24. The van der Waals surface area contributed by atoms with Crippen LogP contribution in [-0.2, 0) is 4.74 Å². The molecular weight excluding hydrogens is 266 g/mol. The van der Waals surface area contributed by atoms with E-state index in [1.807, 2.05) is 6.92 Å². The van der Waals surface area contributed by atoms with Gasteiger partial charge < -0.3 is 15.4 Å². The lowest BCUT2D eigenvalue weighted by molar-refractivity contribution is 0.118. The summed E-state index contributed by atoms with van der Waals surface area (Å²) in [5.41, 5.74) is 0.372. The SMILES string of the molecule is CO[C@H](C)CNC(=O)NC[C@@H](C)c1ccc(F)cc1F. The number of methoxy groups -OCH3 is 1. The lowest BCUT2D eigenvalue weighted by Crippen LogP contribution is -2.40. The molecule has 112 valence electrons. The summed E-state index contributed by atoms with van der Waals surface area (Å²) < 4.78 is 31.3. The molecule has 6 heteroatoms. The fourth-order valence-corrected chi connectivity index (χ4v) is 1.64. The molecule has 1 rings (SSSR count). The molecule has 0 radical (unpaired) electrons.